The first-order valence-corrected chi connectivity index (χ1v) is 7.25. The van der Waals surface area contributed by atoms with E-state index in [-0.39, 0.29) is 5.91 Å². The fourth-order valence-electron chi connectivity index (χ4n) is 2.86. The molecule has 0 aliphatic carbocycles. The lowest BCUT2D eigenvalue weighted by molar-refractivity contribution is 0.0985. The molecule has 0 atom stereocenters. The summed E-state index contributed by atoms with van der Waals surface area (Å²) in [5.41, 5.74) is 4.14. The average molecular weight is 281 g/mol. The first-order valence-electron chi connectivity index (χ1n) is 7.25. The summed E-state index contributed by atoms with van der Waals surface area (Å²) in [4.78, 5) is 19.0. The van der Waals surface area contributed by atoms with Gasteiger partial charge in [0, 0.05) is 25.5 Å². The minimum absolute atomic E-state index is 0.0113. The van der Waals surface area contributed by atoms with Crippen molar-refractivity contribution in [2.24, 2.45) is 0 Å². The van der Waals surface area contributed by atoms with E-state index in [0.717, 1.165) is 25.1 Å². The molecule has 1 aliphatic heterocycles. The van der Waals surface area contributed by atoms with Crippen LogP contribution in [0.25, 0.3) is 0 Å². The standard InChI is InChI=1S/C17H19N3O/c1-12-7-8-15-13(11-12)5-4-10-20(15)17(21)14-6-3-9-19-16(14)18-2/h3,6-9,11H,4-5,10H2,1-2H3,(H,18,19). The number of fused-ring (bicyclic) bond motifs is 1. The van der Waals surface area contributed by atoms with Crippen LogP contribution in [0.15, 0.2) is 36.5 Å². The van der Waals surface area contributed by atoms with Crippen LogP contribution in [0.2, 0.25) is 0 Å². The number of amides is 1. The summed E-state index contributed by atoms with van der Waals surface area (Å²) in [5, 5.41) is 2.99. The molecule has 1 aromatic carbocycles. The van der Waals surface area contributed by atoms with Crippen molar-refractivity contribution in [3.05, 3.63) is 53.2 Å². The lowest BCUT2D eigenvalue weighted by atomic mass is 9.99. The largest absolute Gasteiger partial charge is 0.372 e. The third-order valence-electron chi connectivity index (χ3n) is 3.87. The van der Waals surface area contributed by atoms with Gasteiger partial charge in [0.1, 0.15) is 5.82 Å². The molecule has 0 fully saturated rings. The SMILES string of the molecule is CNc1ncccc1C(=O)N1CCCc2cc(C)ccc21. The summed E-state index contributed by atoms with van der Waals surface area (Å²) in [6.45, 7) is 2.84. The number of aryl methyl sites for hydroxylation is 2. The minimum Gasteiger partial charge on any atom is -0.372 e. The Kier molecular flexibility index (Phi) is 3.60. The third kappa shape index (κ3) is 2.49. The van der Waals surface area contributed by atoms with Crippen LogP contribution in [0.5, 0.6) is 0 Å². The molecule has 1 aromatic heterocycles. The van der Waals surface area contributed by atoms with Gasteiger partial charge in [-0.15, -0.1) is 0 Å². The highest BCUT2D eigenvalue weighted by Crippen LogP contribution is 2.30. The molecule has 0 saturated heterocycles. The fourth-order valence-corrected chi connectivity index (χ4v) is 2.86. The van der Waals surface area contributed by atoms with Crippen LogP contribution in [0.4, 0.5) is 11.5 Å². The predicted molar refractivity (Wildman–Crippen MR) is 85.0 cm³/mol. The maximum atomic E-state index is 12.9. The van der Waals surface area contributed by atoms with Gasteiger partial charge in [-0.25, -0.2) is 4.98 Å². The molecule has 21 heavy (non-hydrogen) atoms. The van der Waals surface area contributed by atoms with Crippen LogP contribution < -0.4 is 10.2 Å². The minimum atomic E-state index is 0.0113. The van der Waals surface area contributed by atoms with E-state index in [0.29, 0.717) is 11.4 Å². The van der Waals surface area contributed by atoms with E-state index in [1.54, 1.807) is 19.3 Å². The maximum Gasteiger partial charge on any atom is 0.262 e. The Morgan fingerprint density at radius 1 is 1.33 bits per heavy atom. The highest BCUT2D eigenvalue weighted by molar-refractivity contribution is 6.09. The van der Waals surface area contributed by atoms with Crippen molar-refractivity contribution in [2.45, 2.75) is 19.8 Å². The Morgan fingerprint density at radius 2 is 2.19 bits per heavy atom. The number of hydrogen-bond acceptors (Lipinski definition) is 3. The molecule has 0 spiro atoms. The molecule has 3 rings (SSSR count). The molecule has 1 amide bonds. The summed E-state index contributed by atoms with van der Waals surface area (Å²) in [5.74, 6) is 0.638. The number of carbonyl (C=O) groups excluding carboxylic acids is 1. The van der Waals surface area contributed by atoms with Gasteiger partial charge in [0.05, 0.1) is 5.56 Å². The summed E-state index contributed by atoms with van der Waals surface area (Å²) in [6.07, 6.45) is 3.72. The second kappa shape index (κ2) is 5.56. The molecule has 4 nitrogen and oxygen atoms in total. The van der Waals surface area contributed by atoms with Crippen molar-refractivity contribution in [2.75, 3.05) is 23.8 Å². The van der Waals surface area contributed by atoms with Crippen LogP contribution in [0.3, 0.4) is 0 Å². The molecule has 1 aliphatic rings. The third-order valence-corrected chi connectivity index (χ3v) is 3.87. The summed E-state index contributed by atoms with van der Waals surface area (Å²) in [7, 11) is 1.78. The smallest absolute Gasteiger partial charge is 0.262 e. The topological polar surface area (TPSA) is 45.2 Å². The lowest BCUT2D eigenvalue weighted by Crippen LogP contribution is -2.36. The van der Waals surface area contributed by atoms with E-state index >= 15 is 0 Å². The van der Waals surface area contributed by atoms with Gasteiger partial charge in [-0.1, -0.05) is 17.7 Å². The number of aromatic nitrogens is 1. The number of nitrogens with one attached hydrogen (secondary N) is 1. The Bertz CT molecular complexity index is 681. The molecular formula is C17H19N3O. The van der Waals surface area contributed by atoms with E-state index < -0.39 is 0 Å². The van der Waals surface area contributed by atoms with E-state index in [9.17, 15) is 4.79 Å². The van der Waals surface area contributed by atoms with Gasteiger partial charge in [0.15, 0.2) is 0 Å². The number of rotatable bonds is 2. The van der Waals surface area contributed by atoms with Crippen molar-refractivity contribution in [3.63, 3.8) is 0 Å². The van der Waals surface area contributed by atoms with Gasteiger partial charge in [-0.3, -0.25) is 4.79 Å². The van der Waals surface area contributed by atoms with Crippen LogP contribution in [0, 0.1) is 6.92 Å². The van der Waals surface area contributed by atoms with Crippen molar-refractivity contribution < 1.29 is 4.79 Å². The quantitative estimate of drug-likeness (QED) is 0.920. The zero-order valence-electron chi connectivity index (χ0n) is 12.4. The molecule has 1 N–H and O–H groups in total. The van der Waals surface area contributed by atoms with Gasteiger partial charge in [0.2, 0.25) is 0 Å². The number of pyridine rings is 1. The van der Waals surface area contributed by atoms with Crippen LogP contribution >= 0.6 is 0 Å². The van der Waals surface area contributed by atoms with Gasteiger partial charge >= 0.3 is 0 Å². The van der Waals surface area contributed by atoms with E-state index in [4.69, 9.17) is 0 Å². The first-order chi connectivity index (χ1) is 10.2. The van der Waals surface area contributed by atoms with Crippen molar-refractivity contribution in [1.29, 1.82) is 0 Å². The number of benzene rings is 1. The molecule has 0 unspecified atom stereocenters. The van der Waals surface area contributed by atoms with Gasteiger partial charge < -0.3 is 10.2 Å². The second-order valence-corrected chi connectivity index (χ2v) is 5.34. The highest BCUT2D eigenvalue weighted by Gasteiger charge is 2.25. The van der Waals surface area contributed by atoms with E-state index in [1.165, 1.54) is 11.1 Å². The van der Waals surface area contributed by atoms with Gasteiger partial charge in [-0.05, 0) is 43.5 Å². The monoisotopic (exact) mass is 281 g/mol. The zero-order valence-corrected chi connectivity index (χ0v) is 12.4. The molecule has 108 valence electrons. The lowest BCUT2D eigenvalue weighted by Gasteiger charge is -2.30. The number of anilines is 2. The Hall–Kier alpha value is -2.36. The van der Waals surface area contributed by atoms with Gasteiger partial charge in [-0.2, -0.15) is 0 Å². The molecular weight excluding hydrogens is 262 g/mol. The Labute approximate surface area is 124 Å². The van der Waals surface area contributed by atoms with Crippen LogP contribution in [0.1, 0.15) is 27.9 Å². The Morgan fingerprint density at radius 3 is 3.00 bits per heavy atom. The molecule has 2 aromatic rings. The van der Waals surface area contributed by atoms with Crippen LogP contribution in [-0.4, -0.2) is 24.5 Å². The highest BCUT2D eigenvalue weighted by atomic mass is 16.2. The number of hydrogen-bond donors (Lipinski definition) is 1. The zero-order chi connectivity index (χ0) is 14.8. The molecule has 4 heteroatoms. The van der Waals surface area contributed by atoms with Crippen molar-refractivity contribution in [3.8, 4) is 0 Å². The summed E-state index contributed by atoms with van der Waals surface area (Å²) in [6, 6.07) is 9.92. The van der Waals surface area contributed by atoms with E-state index in [1.807, 2.05) is 11.0 Å². The van der Waals surface area contributed by atoms with Crippen LogP contribution in [-0.2, 0) is 6.42 Å². The van der Waals surface area contributed by atoms with Crippen molar-refractivity contribution >= 4 is 17.4 Å². The molecule has 2 heterocycles. The van der Waals surface area contributed by atoms with Crippen molar-refractivity contribution in [1.82, 2.24) is 4.98 Å². The molecule has 0 bridgehead atoms. The molecule has 0 radical (unpaired) electrons. The summed E-state index contributed by atoms with van der Waals surface area (Å²) < 4.78 is 0. The Balaban J connectivity index is 2.00. The van der Waals surface area contributed by atoms with E-state index in [2.05, 4.69) is 35.4 Å². The maximum absolute atomic E-state index is 12.9. The predicted octanol–water partition coefficient (Wildman–Crippen LogP) is 3.02. The normalized spacial score (nSPS) is 13.7. The second-order valence-electron chi connectivity index (χ2n) is 5.34. The fraction of sp³-hybridized carbons (Fsp3) is 0.294. The number of nitrogens with zero attached hydrogens (tertiary/aromatic N) is 2. The number of carbonyl (C=O) groups is 1. The average Bonchev–Trinajstić information content (AvgIpc) is 2.53. The van der Waals surface area contributed by atoms with Gasteiger partial charge in [0.25, 0.3) is 5.91 Å². The summed E-state index contributed by atoms with van der Waals surface area (Å²) >= 11 is 0. The molecule has 0 saturated carbocycles. The first kappa shape index (κ1) is 13.6.